The maximum absolute atomic E-state index is 6.71. The Hall–Kier alpha value is -6.58. The largest absolute Gasteiger partial charge is 0.457 e. The topological polar surface area (TPSA) is 35.0 Å². The molecule has 0 saturated heterocycles. The molecular formula is C47H30N2O. The predicted octanol–water partition coefficient (Wildman–Crippen LogP) is 11.6. The first-order chi connectivity index (χ1) is 24.8. The Balaban J connectivity index is 1.21. The summed E-state index contributed by atoms with van der Waals surface area (Å²) in [6.45, 7) is 0. The fraction of sp³-hybridized carbons (Fsp3) is 0.0213. The fourth-order valence-electron chi connectivity index (χ4n) is 8.04. The van der Waals surface area contributed by atoms with E-state index in [2.05, 4.69) is 158 Å². The van der Waals surface area contributed by atoms with Crippen molar-refractivity contribution in [1.82, 2.24) is 9.97 Å². The highest BCUT2D eigenvalue weighted by Gasteiger charge is 2.51. The maximum atomic E-state index is 6.71. The van der Waals surface area contributed by atoms with E-state index in [-0.39, 0.29) is 0 Å². The second-order valence-electron chi connectivity index (χ2n) is 12.9. The second-order valence-corrected chi connectivity index (χ2v) is 12.9. The fourth-order valence-corrected chi connectivity index (χ4v) is 8.04. The minimum absolute atomic E-state index is 0.530. The van der Waals surface area contributed by atoms with Crippen molar-refractivity contribution in [3.8, 4) is 67.7 Å². The average molecular weight is 639 g/mol. The Morgan fingerprint density at radius 2 is 0.860 bits per heavy atom. The van der Waals surface area contributed by atoms with Gasteiger partial charge in [0, 0.05) is 27.8 Å². The summed E-state index contributed by atoms with van der Waals surface area (Å²) in [5.74, 6) is 2.46. The summed E-state index contributed by atoms with van der Waals surface area (Å²) in [4.78, 5) is 10.2. The van der Waals surface area contributed by atoms with Crippen LogP contribution in [0.5, 0.6) is 11.5 Å². The minimum atomic E-state index is -0.530. The van der Waals surface area contributed by atoms with Crippen LogP contribution in [0.1, 0.15) is 22.3 Å². The summed E-state index contributed by atoms with van der Waals surface area (Å²) in [5.41, 5.74) is 13.9. The van der Waals surface area contributed by atoms with Crippen molar-refractivity contribution >= 4 is 0 Å². The van der Waals surface area contributed by atoms with Crippen LogP contribution in [-0.4, -0.2) is 9.97 Å². The van der Waals surface area contributed by atoms with Gasteiger partial charge in [-0.2, -0.15) is 0 Å². The third kappa shape index (κ3) is 4.23. The standard InChI is InChI=1S/C47H30N2O/c1-3-15-31(16-4-1)42-30-43(49-46(48-42)32-17-5-2-6-18-32)37-22-8-7-19-34(37)33-27-28-45-41(29-33)47(40-25-13-14-26-44(40)50-45)38-23-11-9-20-35(38)36-21-10-12-24-39(36)47/h1-30H. The van der Waals surface area contributed by atoms with Gasteiger partial charge in [-0.05, 0) is 57.6 Å². The van der Waals surface area contributed by atoms with Crippen LogP contribution in [0.3, 0.4) is 0 Å². The van der Waals surface area contributed by atoms with Crippen LogP contribution < -0.4 is 4.74 Å². The zero-order chi connectivity index (χ0) is 33.1. The van der Waals surface area contributed by atoms with Crippen molar-refractivity contribution in [3.63, 3.8) is 0 Å². The van der Waals surface area contributed by atoms with Gasteiger partial charge in [0.1, 0.15) is 11.5 Å². The zero-order valence-corrected chi connectivity index (χ0v) is 27.1. The summed E-state index contributed by atoms with van der Waals surface area (Å²) in [6, 6.07) is 64.1. The van der Waals surface area contributed by atoms with Gasteiger partial charge in [-0.3, -0.25) is 0 Å². The van der Waals surface area contributed by atoms with Crippen molar-refractivity contribution < 1.29 is 4.74 Å². The molecule has 7 aromatic carbocycles. The molecule has 8 aromatic rings. The van der Waals surface area contributed by atoms with E-state index in [1.165, 1.54) is 22.3 Å². The lowest BCUT2D eigenvalue weighted by Gasteiger charge is -2.39. The van der Waals surface area contributed by atoms with E-state index in [9.17, 15) is 0 Å². The molecule has 1 spiro atoms. The molecule has 0 radical (unpaired) electrons. The molecule has 0 fully saturated rings. The number of benzene rings is 7. The monoisotopic (exact) mass is 638 g/mol. The second kappa shape index (κ2) is 11.3. The SMILES string of the molecule is c1ccc(-c2cc(-c3ccccc3-c3ccc4c(c3)C3(c5ccccc5O4)c4ccccc4-c4ccccc43)nc(-c3ccccc3)n2)cc1. The number of rotatable bonds is 4. The zero-order valence-electron chi connectivity index (χ0n) is 27.1. The van der Waals surface area contributed by atoms with Gasteiger partial charge in [-0.25, -0.2) is 9.97 Å². The molecule has 0 N–H and O–H groups in total. The number of fused-ring (bicyclic) bond motifs is 9. The van der Waals surface area contributed by atoms with Crippen molar-refractivity contribution in [2.75, 3.05) is 0 Å². The van der Waals surface area contributed by atoms with Crippen LogP contribution in [0, 0.1) is 0 Å². The maximum Gasteiger partial charge on any atom is 0.160 e. The van der Waals surface area contributed by atoms with Crippen LogP contribution in [0.2, 0.25) is 0 Å². The number of aromatic nitrogens is 2. The molecule has 50 heavy (non-hydrogen) atoms. The molecule has 2 heterocycles. The number of nitrogens with zero attached hydrogens (tertiary/aromatic N) is 2. The Bertz CT molecular complexity index is 2470. The van der Waals surface area contributed by atoms with E-state index < -0.39 is 5.41 Å². The number of hydrogen-bond acceptors (Lipinski definition) is 3. The smallest absolute Gasteiger partial charge is 0.160 e. The van der Waals surface area contributed by atoms with Gasteiger partial charge in [0.25, 0.3) is 0 Å². The number of para-hydroxylation sites is 1. The molecule has 234 valence electrons. The van der Waals surface area contributed by atoms with Gasteiger partial charge < -0.3 is 4.74 Å². The third-order valence-electron chi connectivity index (χ3n) is 10.2. The molecular weight excluding hydrogens is 609 g/mol. The number of ether oxygens (including phenoxy) is 1. The van der Waals surface area contributed by atoms with Crippen molar-refractivity contribution in [3.05, 3.63) is 204 Å². The molecule has 3 heteroatoms. The molecule has 0 amide bonds. The van der Waals surface area contributed by atoms with Crippen LogP contribution >= 0.6 is 0 Å². The van der Waals surface area contributed by atoms with Gasteiger partial charge in [0.15, 0.2) is 5.82 Å². The van der Waals surface area contributed by atoms with Crippen LogP contribution in [0.15, 0.2) is 182 Å². The lowest BCUT2D eigenvalue weighted by Crippen LogP contribution is -2.32. The van der Waals surface area contributed by atoms with Gasteiger partial charge in [0.2, 0.25) is 0 Å². The molecule has 1 aromatic heterocycles. The van der Waals surface area contributed by atoms with E-state index in [0.717, 1.165) is 61.8 Å². The number of hydrogen-bond donors (Lipinski definition) is 0. The van der Waals surface area contributed by atoms with E-state index in [1.807, 2.05) is 24.3 Å². The highest BCUT2D eigenvalue weighted by molar-refractivity contribution is 5.90. The van der Waals surface area contributed by atoms with Crippen LogP contribution in [0.25, 0.3) is 56.2 Å². The molecule has 3 nitrogen and oxygen atoms in total. The van der Waals surface area contributed by atoms with Gasteiger partial charge in [-0.15, -0.1) is 0 Å². The molecule has 0 saturated carbocycles. The first-order valence-electron chi connectivity index (χ1n) is 17.0. The summed E-state index contributed by atoms with van der Waals surface area (Å²) >= 11 is 0. The van der Waals surface area contributed by atoms with Crippen LogP contribution in [0.4, 0.5) is 0 Å². The molecule has 0 bridgehead atoms. The molecule has 1 aliphatic carbocycles. The summed E-state index contributed by atoms with van der Waals surface area (Å²) < 4.78 is 6.71. The Morgan fingerprint density at radius 3 is 1.56 bits per heavy atom. The summed E-state index contributed by atoms with van der Waals surface area (Å²) in [6.07, 6.45) is 0. The highest BCUT2D eigenvalue weighted by Crippen LogP contribution is 2.62. The third-order valence-corrected chi connectivity index (χ3v) is 10.2. The summed E-state index contributed by atoms with van der Waals surface area (Å²) in [5, 5.41) is 0. The quantitative estimate of drug-likeness (QED) is 0.192. The van der Waals surface area contributed by atoms with E-state index in [4.69, 9.17) is 14.7 Å². The lowest BCUT2D eigenvalue weighted by atomic mass is 9.65. The van der Waals surface area contributed by atoms with Crippen LogP contribution in [-0.2, 0) is 5.41 Å². The van der Waals surface area contributed by atoms with Gasteiger partial charge in [0.05, 0.1) is 16.8 Å². The average Bonchev–Trinajstić information content (AvgIpc) is 3.49. The highest BCUT2D eigenvalue weighted by atomic mass is 16.5. The Morgan fingerprint density at radius 1 is 0.340 bits per heavy atom. The van der Waals surface area contributed by atoms with Crippen molar-refractivity contribution in [2.24, 2.45) is 0 Å². The first-order valence-corrected chi connectivity index (χ1v) is 17.0. The van der Waals surface area contributed by atoms with Gasteiger partial charge >= 0.3 is 0 Å². The van der Waals surface area contributed by atoms with E-state index in [1.54, 1.807) is 0 Å². The van der Waals surface area contributed by atoms with Gasteiger partial charge in [-0.1, -0.05) is 158 Å². The molecule has 0 unspecified atom stereocenters. The van der Waals surface area contributed by atoms with E-state index >= 15 is 0 Å². The Labute approximate surface area is 291 Å². The predicted molar refractivity (Wildman–Crippen MR) is 201 cm³/mol. The van der Waals surface area contributed by atoms with Crippen molar-refractivity contribution in [2.45, 2.75) is 5.41 Å². The Kier molecular flexibility index (Phi) is 6.40. The first kappa shape index (κ1) is 28.4. The normalized spacial score (nSPS) is 13.1. The lowest BCUT2D eigenvalue weighted by molar-refractivity contribution is 0.436. The molecule has 10 rings (SSSR count). The van der Waals surface area contributed by atoms with E-state index in [0.29, 0.717) is 5.82 Å². The molecule has 1 aliphatic heterocycles. The minimum Gasteiger partial charge on any atom is -0.457 e. The van der Waals surface area contributed by atoms with Crippen molar-refractivity contribution in [1.29, 1.82) is 0 Å². The summed E-state index contributed by atoms with van der Waals surface area (Å²) in [7, 11) is 0. The molecule has 0 atom stereocenters. The molecule has 2 aliphatic rings.